The topological polar surface area (TPSA) is 52.6 Å². The van der Waals surface area contributed by atoms with Gasteiger partial charge >= 0.3 is 11.9 Å². The third-order valence-corrected chi connectivity index (χ3v) is 4.94. The summed E-state index contributed by atoms with van der Waals surface area (Å²) in [5, 5.41) is 1.21. The van der Waals surface area contributed by atoms with Crippen molar-refractivity contribution in [1.82, 2.24) is 0 Å². The molecule has 0 atom stereocenters. The molecule has 26 heavy (non-hydrogen) atoms. The number of rotatable bonds is 7. The number of benzene rings is 2. The molecule has 0 aliphatic rings. The summed E-state index contributed by atoms with van der Waals surface area (Å²) >= 11 is 6.88. The lowest BCUT2D eigenvalue weighted by atomic mass is 9.97. The van der Waals surface area contributed by atoms with Crippen LogP contribution in [0.4, 0.5) is 0 Å². The van der Waals surface area contributed by atoms with Crippen LogP contribution in [0.5, 0.6) is 0 Å². The average molecular weight is 484 g/mol. The Hall–Kier alpha value is -1.66. The minimum atomic E-state index is -0.362. The summed E-state index contributed by atoms with van der Waals surface area (Å²) in [6.07, 6.45) is 0. The lowest BCUT2D eigenvalue weighted by Crippen LogP contribution is -2.06. The maximum atomic E-state index is 12.2. The number of halogens is 2. The van der Waals surface area contributed by atoms with Crippen LogP contribution in [0.25, 0.3) is 11.1 Å². The molecule has 2 aromatic rings. The van der Waals surface area contributed by atoms with E-state index in [1.807, 2.05) is 12.1 Å². The van der Waals surface area contributed by atoms with E-state index in [9.17, 15) is 9.59 Å². The summed E-state index contributed by atoms with van der Waals surface area (Å²) in [6, 6.07) is 11.1. The maximum absolute atomic E-state index is 12.2. The highest BCUT2D eigenvalue weighted by Gasteiger charge is 2.14. The minimum absolute atomic E-state index is 0.318. The fraction of sp³-hybridized carbons (Fsp3) is 0.300. The number of carbonyl (C=O) groups is 2. The van der Waals surface area contributed by atoms with E-state index >= 15 is 0 Å². The Balaban J connectivity index is 2.55. The quantitative estimate of drug-likeness (QED) is 0.385. The first-order chi connectivity index (χ1) is 12.5. The molecule has 6 heteroatoms. The van der Waals surface area contributed by atoms with Crippen molar-refractivity contribution in [1.29, 1.82) is 0 Å². The van der Waals surface area contributed by atoms with Crippen molar-refractivity contribution in [2.24, 2.45) is 0 Å². The zero-order valence-electron chi connectivity index (χ0n) is 14.7. The van der Waals surface area contributed by atoms with Crippen LogP contribution in [0.15, 0.2) is 36.4 Å². The molecule has 0 saturated heterocycles. The summed E-state index contributed by atoms with van der Waals surface area (Å²) in [4.78, 5) is 24.3. The fourth-order valence-corrected chi connectivity index (χ4v) is 3.18. The molecule has 0 fully saturated rings. The van der Waals surface area contributed by atoms with E-state index in [-0.39, 0.29) is 11.9 Å². The van der Waals surface area contributed by atoms with Crippen molar-refractivity contribution in [2.75, 3.05) is 13.2 Å². The molecule has 0 heterocycles. The number of hydrogen-bond donors (Lipinski definition) is 0. The van der Waals surface area contributed by atoms with Crippen molar-refractivity contribution >= 4 is 43.8 Å². The lowest BCUT2D eigenvalue weighted by Gasteiger charge is -2.11. The minimum Gasteiger partial charge on any atom is -0.462 e. The Kier molecular flexibility index (Phi) is 7.85. The Morgan fingerprint density at radius 2 is 1.12 bits per heavy atom. The number of carbonyl (C=O) groups excluding carboxylic acids is 2. The van der Waals surface area contributed by atoms with Crippen LogP contribution >= 0.6 is 31.9 Å². The van der Waals surface area contributed by atoms with Crippen molar-refractivity contribution < 1.29 is 19.1 Å². The second kappa shape index (κ2) is 9.88. The van der Waals surface area contributed by atoms with E-state index in [4.69, 9.17) is 9.47 Å². The van der Waals surface area contributed by atoms with Gasteiger partial charge in [-0.2, -0.15) is 0 Å². The van der Waals surface area contributed by atoms with E-state index in [2.05, 4.69) is 31.9 Å². The number of ether oxygens (including phenoxy) is 2. The van der Waals surface area contributed by atoms with Gasteiger partial charge in [0.05, 0.1) is 24.3 Å². The SMILES string of the molecule is CCOC(=O)c1cc(CBr)cc(-c2cc(CBr)cc(C(=O)OCC)c2)c1. The molecule has 0 unspecified atom stereocenters. The summed E-state index contributed by atoms with van der Waals surface area (Å²) in [5.74, 6) is -0.724. The van der Waals surface area contributed by atoms with E-state index in [1.54, 1.807) is 38.1 Å². The van der Waals surface area contributed by atoms with Gasteiger partial charge in [0.1, 0.15) is 0 Å². The summed E-state index contributed by atoms with van der Waals surface area (Å²) in [5.41, 5.74) is 4.57. The lowest BCUT2D eigenvalue weighted by molar-refractivity contribution is 0.0516. The highest BCUT2D eigenvalue weighted by atomic mass is 79.9. The van der Waals surface area contributed by atoms with Crippen LogP contribution in [0.3, 0.4) is 0 Å². The first kappa shape index (κ1) is 20.6. The smallest absolute Gasteiger partial charge is 0.338 e. The molecule has 0 bridgehead atoms. The monoisotopic (exact) mass is 482 g/mol. The number of alkyl halides is 2. The summed E-state index contributed by atoms with van der Waals surface area (Å²) < 4.78 is 10.2. The highest BCUT2D eigenvalue weighted by Crippen LogP contribution is 2.27. The van der Waals surface area contributed by atoms with Gasteiger partial charge in [0, 0.05) is 10.7 Å². The first-order valence-electron chi connectivity index (χ1n) is 8.26. The summed E-state index contributed by atoms with van der Waals surface area (Å²) in [6.45, 7) is 4.19. The molecule has 0 aromatic heterocycles. The number of hydrogen-bond acceptors (Lipinski definition) is 4. The van der Waals surface area contributed by atoms with Gasteiger partial charge < -0.3 is 9.47 Å². The first-order valence-corrected chi connectivity index (χ1v) is 10.5. The second-order valence-corrected chi connectivity index (χ2v) is 6.67. The van der Waals surface area contributed by atoms with Crippen LogP contribution in [-0.2, 0) is 20.1 Å². The van der Waals surface area contributed by atoms with Crippen LogP contribution in [0, 0.1) is 0 Å². The van der Waals surface area contributed by atoms with Crippen LogP contribution in [-0.4, -0.2) is 25.2 Å². The molecule has 0 amide bonds. The van der Waals surface area contributed by atoms with E-state index < -0.39 is 0 Å². The van der Waals surface area contributed by atoms with E-state index in [1.165, 1.54) is 0 Å². The molecule has 4 nitrogen and oxygen atoms in total. The van der Waals surface area contributed by atoms with Crippen molar-refractivity contribution in [3.63, 3.8) is 0 Å². The molecule has 0 radical (unpaired) electrons. The third kappa shape index (κ3) is 5.17. The van der Waals surface area contributed by atoms with Crippen LogP contribution in [0.1, 0.15) is 45.7 Å². The average Bonchev–Trinajstić information content (AvgIpc) is 2.67. The molecule has 138 valence electrons. The predicted molar refractivity (Wildman–Crippen MR) is 109 cm³/mol. The van der Waals surface area contributed by atoms with E-state index in [0.717, 1.165) is 22.3 Å². The molecule has 0 aliphatic carbocycles. The van der Waals surface area contributed by atoms with Crippen molar-refractivity contribution in [2.45, 2.75) is 24.5 Å². The van der Waals surface area contributed by atoms with Gasteiger partial charge in [0.2, 0.25) is 0 Å². The fourth-order valence-electron chi connectivity index (χ4n) is 2.54. The molecule has 0 saturated carbocycles. The van der Waals surface area contributed by atoms with Gasteiger partial charge in [0.15, 0.2) is 0 Å². The van der Waals surface area contributed by atoms with Crippen LogP contribution < -0.4 is 0 Å². The van der Waals surface area contributed by atoms with Gasteiger partial charge in [-0.15, -0.1) is 0 Å². The largest absolute Gasteiger partial charge is 0.462 e. The Labute approximate surface area is 170 Å². The number of esters is 2. The normalized spacial score (nSPS) is 10.5. The molecule has 0 spiro atoms. The maximum Gasteiger partial charge on any atom is 0.338 e. The van der Waals surface area contributed by atoms with Gasteiger partial charge in [-0.3, -0.25) is 0 Å². The highest BCUT2D eigenvalue weighted by molar-refractivity contribution is 9.08. The van der Waals surface area contributed by atoms with Crippen molar-refractivity contribution in [3.05, 3.63) is 58.7 Å². The van der Waals surface area contributed by atoms with Gasteiger partial charge in [-0.25, -0.2) is 9.59 Å². The molecule has 0 N–H and O–H groups in total. The molecule has 2 rings (SSSR count). The molecule has 2 aromatic carbocycles. The zero-order chi connectivity index (χ0) is 19.1. The molecule has 0 aliphatic heterocycles. The van der Waals surface area contributed by atoms with Gasteiger partial charge in [-0.1, -0.05) is 44.0 Å². The Bertz CT molecular complexity index is 735. The van der Waals surface area contributed by atoms with Gasteiger partial charge in [0.25, 0.3) is 0 Å². The van der Waals surface area contributed by atoms with Crippen LogP contribution in [0.2, 0.25) is 0 Å². The van der Waals surface area contributed by atoms with E-state index in [0.29, 0.717) is 35.0 Å². The Morgan fingerprint density at radius 3 is 1.42 bits per heavy atom. The molecular weight excluding hydrogens is 464 g/mol. The van der Waals surface area contributed by atoms with Crippen molar-refractivity contribution in [3.8, 4) is 11.1 Å². The predicted octanol–water partition coefficient (Wildman–Crippen LogP) is 5.50. The third-order valence-electron chi connectivity index (χ3n) is 3.65. The molecular formula is C20H20Br2O4. The summed E-state index contributed by atoms with van der Waals surface area (Å²) in [7, 11) is 0. The standard InChI is InChI=1S/C20H20Br2O4/c1-3-25-19(23)17-7-13(11-21)5-15(9-17)16-6-14(12-22)8-18(10-16)20(24)26-4-2/h5-10H,3-4,11-12H2,1-2H3. The Morgan fingerprint density at radius 1 is 0.731 bits per heavy atom. The second-order valence-electron chi connectivity index (χ2n) is 5.55. The van der Waals surface area contributed by atoms with Gasteiger partial charge in [-0.05, 0) is 60.4 Å². The zero-order valence-corrected chi connectivity index (χ0v) is 17.9.